The van der Waals surface area contributed by atoms with Crippen molar-refractivity contribution in [1.82, 2.24) is 24.3 Å². The number of hydrogen-bond acceptors (Lipinski definition) is 4. The average Bonchev–Trinajstić information content (AvgIpc) is 3.05. The molecule has 0 saturated carbocycles. The molecule has 0 atom stereocenters. The molecule has 0 radical (unpaired) electrons. The van der Waals surface area contributed by atoms with Gasteiger partial charge in [-0.05, 0) is 18.6 Å². The van der Waals surface area contributed by atoms with Crippen LogP contribution in [0.5, 0.6) is 0 Å². The first kappa shape index (κ1) is 17.1. The number of carbonyl (C=O) groups is 2. The first-order chi connectivity index (χ1) is 12.1. The summed E-state index contributed by atoms with van der Waals surface area (Å²) in [7, 11) is 0. The van der Waals surface area contributed by atoms with Crippen LogP contribution in [0.2, 0.25) is 0 Å². The van der Waals surface area contributed by atoms with Gasteiger partial charge in [0.1, 0.15) is 12.1 Å². The molecule has 1 aliphatic heterocycles. The summed E-state index contributed by atoms with van der Waals surface area (Å²) in [6.45, 7) is 6.32. The Morgan fingerprint density at radius 2 is 1.84 bits per heavy atom. The van der Waals surface area contributed by atoms with E-state index < -0.39 is 0 Å². The van der Waals surface area contributed by atoms with Gasteiger partial charge in [-0.1, -0.05) is 13.8 Å². The smallest absolute Gasteiger partial charge is 0.254 e. The number of aromatic nitrogens is 3. The maximum Gasteiger partial charge on any atom is 0.254 e. The Morgan fingerprint density at radius 1 is 1.08 bits per heavy atom. The fourth-order valence-electron chi connectivity index (χ4n) is 2.98. The molecule has 0 bridgehead atoms. The molecule has 2 aromatic heterocycles. The van der Waals surface area contributed by atoms with Crippen LogP contribution in [0.25, 0.3) is 5.82 Å². The number of imidazole rings is 1. The normalized spacial score (nSPS) is 15.3. The van der Waals surface area contributed by atoms with Crippen LogP contribution in [0.1, 0.15) is 30.6 Å². The SMILES string of the molecule is CC(C)C(=O)N1CCCN(C(=O)c2ccnc(-n3ccnc3)c2)CC1. The van der Waals surface area contributed by atoms with E-state index in [1.165, 1.54) is 0 Å². The van der Waals surface area contributed by atoms with Gasteiger partial charge in [0, 0.05) is 56.3 Å². The molecule has 1 aliphatic rings. The van der Waals surface area contributed by atoms with Crippen molar-refractivity contribution in [1.29, 1.82) is 0 Å². The molecule has 132 valence electrons. The van der Waals surface area contributed by atoms with Crippen LogP contribution in [0.3, 0.4) is 0 Å². The highest BCUT2D eigenvalue weighted by atomic mass is 16.2. The van der Waals surface area contributed by atoms with Crippen LogP contribution in [0, 0.1) is 5.92 Å². The van der Waals surface area contributed by atoms with E-state index in [0.29, 0.717) is 37.6 Å². The van der Waals surface area contributed by atoms with E-state index in [-0.39, 0.29) is 17.7 Å². The van der Waals surface area contributed by atoms with Gasteiger partial charge in [-0.15, -0.1) is 0 Å². The van der Waals surface area contributed by atoms with Crippen molar-refractivity contribution in [3.8, 4) is 5.82 Å². The van der Waals surface area contributed by atoms with Gasteiger partial charge in [-0.2, -0.15) is 0 Å². The van der Waals surface area contributed by atoms with Crippen molar-refractivity contribution < 1.29 is 9.59 Å². The minimum Gasteiger partial charge on any atom is -0.341 e. The van der Waals surface area contributed by atoms with Crippen LogP contribution in [0.4, 0.5) is 0 Å². The van der Waals surface area contributed by atoms with Crippen LogP contribution in [0.15, 0.2) is 37.1 Å². The number of carbonyl (C=O) groups excluding carboxylic acids is 2. The van der Waals surface area contributed by atoms with Gasteiger partial charge < -0.3 is 9.80 Å². The fourth-order valence-corrected chi connectivity index (χ4v) is 2.98. The van der Waals surface area contributed by atoms with Crippen molar-refractivity contribution in [3.63, 3.8) is 0 Å². The van der Waals surface area contributed by atoms with Gasteiger partial charge in [-0.25, -0.2) is 9.97 Å². The topological polar surface area (TPSA) is 71.3 Å². The number of amides is 2. The predicted octanol–water partition coefficient (Wildman–Crippen LogP) is 1.60. The van der Waals surface area contributed by atoms with E-state index in [9.17, 15) is 9.59 Å². The summed E-state index contributed by atoms with van der Waals surface area (Å²) in [6.07, 6.45) is 7.54. The molecule has 0 spiro atoms. The average molecular weight is 341 g/mol. The maximum atomic E-state index is 12.9. The van der Waals surface area contributed by atoms with Crippen LogP contribution >= 0.6 is 0 Å². The Balaban J connectivity index is 1.71. The van der Waals surface area contributed by atoms with E-state index in [4.69, 9.17) is 0 Å². The Morgan fingerprint density at radius 3 is 2.56 bits per heavy atom. The highest BCUT2D eigenvalue weighted by Gasteiger charge is 2.24. The van der Waals surface area contributed by atoms with Gasteiger partial charge in [0.25, 0.3) is 5.91 Å². The van der Waals surface area contributed by atoms with E-state index >= 15 is 0 Å². The standard InChI is InChI=1S/C18H23N5O2/c1-14(2)17(24)21-7-3-8-22(11-10-21)18(25)15-4-5-20-16(12-15)23-9-6-19-13-23/h4-6,9,12-14H,3,7-8,10-11H2,1-2H3. The van der Waals surface area contributed by atoms with Gasteiger partial charge in [0.05, 0.1) is 0 Å². The minimum atomic E-state index is -0.0254. The summed E-state index contributed by atoms with van der Waals surface area (Å²) >= 11 is 0. The zero-order chi connectivity index (χ0) is 17.8. The molecule has 2 amide bonds. The summed E-state index contributed by atoms with van der Waals surface area (Å²) in [4.78, 5) is 37.0. The Bertz CT molecular complexity index is 742. The van der Waals surface area contributed by atoms with Crippen molar-refractivity contribution in [3.05, 3.63) is 42.6 Å². The van der Waals surface area contributed by atoms with E-state index in [2.05, 4.69) is 9.97 Å². The van der Waals surface area contributed by atoms with Crippen LogP contribution in [-0.2, 0) is 4.79 Å². The zero-order valence-corrected chi connectivity index (χ0v) is 14.6. The summed E-state index contributed by atoms with van der Waals surface area (Å²) in [6, 6.07) is 3.50. The lowest BCUT2D eigenvalue weighted by atomic mass is 10.2. The van der Waals surface area contributed by atoms with Crippen molar-refractivity contribution >= 4 is 11.8 Å². The molecule has 0 unspecified atom stereocenters. The molecule has 3 heterocycles. The summed E-state index contributed by atoms with van der Waals surface area (Å²) in [5, 5.41) is 0. The molecular formula is C18H23N5O2. The van der Waals surface area contributed by atoms with E-state index in [0.717, 1.165) is 6.42 Å². The quantitative estimate of drug-likeness (QED) is 0.850. The third-order valence-electron chi connectivity index (χ3n) is 4.35. The Hall–Kier alpha value is -2.70. The van der Waals surface area contributed by atoms with Crippen LogP contribution in [-0.4, -0.2) is 62.3 Å². The monoisotopic (exact) mass is 341 g/mol. The maximum absolute atomic E-state index is 12.9. The molecule has 0 aliphatic carbocycles. The molecule has 0 aromatic carbocycles. The van der Waals surface area contributed by atoms with Gasteiger partial charge in [0.15, 0.2) is 0 Å². The molecule has 0 N–H and O–H groups in total. The highest BCUT2D eigenvalue weighted by Crippen LogP contribution is 2.13. The van der Waals surface area contributed by atoms with Crippen molar-refractivity contribution in [2.75, 3.05) is 26.2 Å². The third-order valence-corrected chi connectivity index (χ3v) is 4.35. The highest BCUT2D eigenvalue weighted by molar-refractivity contribution is 5.94. The summed E-state index contributed by atoms with van der Waals surface area (Å²) in [5.74, 6) is 0.776. The van der Waals surface area contributed by atoms with Gasteiger partial charge >= 0.3 is 0 Å². The second-order valence-electron chi connectivity index (χ2n) is 6.50. The largest absolute Gasteiger partial charge is 0.341 e. The lowest BCUT2D eigenvalue weighted by molar-refractivity contribution is -0.134. The number of rotatable bonds is 3. The molecule has 25 heavy (non-hydrogen) atoms. The van der Waals surface area contributed by atoms with Crippen molar-refractivity contribution in [2.45, 2.75) is 20.3 Å². The van der Waals surface area contributed by atoms with Gasteiger partial charge in [-0.3, -0.25) is 14.2 Å². The fraction of sp³-hybridized carbons (Fsp3) is 0.444. The number of pyridine rings is 1. The lowest BCUT2D eigenvalue weighted by Crippen LogP contribution is -2.39. The first-order valence-corrected chi connectivity index (χ1v) is 8.58. The second-order valence-corrected chi connectivity index (χ2v) is 6.50. The van der Waals surface area contributed by atoms with Gasteiger partial charge in [0.2, 0.25) is 5.91 Å². The number of nitrogens with zero attached hydrogens (tertiary/aromatic N) is 5. The summed E-state index contributed by atoms with van der Waals surface area (Å²) < 4.78 is 1.77. The van der Waals surface area contributed by atoms with Crippen molar-refractivity contribution in [2.24, 2.45) is 5.92 Å². The molecule has 3 rings (SSSR count). The minimum absolute atomic E-state index is 0.0137. The molecule has 1 fully saturated rings. The third kappa shape index (κ3) is 3.87. The lowest BCUT2D eigenvalue weighted by Gasteiger charge is -2.23. The Labute approximate surface area is 147 Å². The predicted molar refractivity (Wildman–Crippen MR) is 93.3 cm³/mol. The van der Waals surface area contributed by atoms with Crippen LogP contribution < -0.4 is 0 Å². The second kappa shape index (κ2) is 7.46. The van der Waals surface area contributed by atoms with E-state index in [1.807, 2.05) is 23.6 Å². The Kier molecular flexibility index (Phi) is 5.11. The first-order valence-electron chi connectivity index (χ1n) is 8.58. The molecular weight excluding hydrogens is 318 g/mol. The summed E-state index contributed by atoms with van der Waals surface area (Å²) in [5.41, 5.74) is 0.599. The number of hydrogen-bond donors (Lipinski definition) is 0. The molecule has 7 nitrogen and oxygen atoms in total. The molecule has 2 aromatic rings. The zero-order valence-electron chi connectivity index (χ0n) is 14.6. The molecule has 7 heteroatoms. The molecule has 1 saturated heterocycles. The van der Waals surface area contributed by atoms with E-state index in [1.54, 1.807) is 41.6 Å².